The first-order valence-corrected chi connectivity index (χ1v) is 9.12. The lowest BCUT2D eigenvalue weighted by molar-refractivity contribution is -0.127. The molecule has 0 saturated carbocycles. The van der Waals surface area contributed by atoms with Gasteiger partial charge in [0.2, 0.25) is 15.9 Å². The summed E-state index contributed by atoms with van der Waals surface area (Å²) < 4.78 is 25.6. The van der Waals surface area contributed by atoms with Gasteiger partial charge < -0.3 is 10.2 Å². The van der Waals surface area contributed by atoms with Gasteiger partial charge in [0.15, 0.2) is 0 Å². The van der Waals surface area contributed by atoms with Crippen LogP contribution < -0.4 is 10.0 Å². The molecule has 0 radical (unpaired) electrons. The standard InChI is InChI=1S/C16H23N3O3S/c1-17-14-4-3-11-19(12-14)16(20)10-7-13-5-8-15(9-6-13)23(21,22)18-2/h5-10,14,17-18H,3-4,11-12H2,1-2H3/b10-7+. The van der Waals surface area contributed by atoms with E-state index in [0.29, 0.717) is 6.04 Å². The fraction of sp³-hybridized carbons (Fsp3) is 0.438. The van der Waals surface area contributed by atoms with Crippen LogP contribution in [0.5, 0.6) is 0 Å². The van der Waals surface area contributed by atoms with E-state index in [-0.39, 0.29) is 10.8 Å². The number of benzene rings is 1. The smallest absolute Gasteiger partial charge is 0.246 e. The number of hydrogen-bond acceptors (Lipinski definition) is 4. The quantitative estimate of drug-likeness (QED) is 0.780. The predicted molar refractivity (Wildman–Crippen MR) is 90.4 cm³/mol. The van der Waals surface area contributed by atoms with Gasteiger partial charge in [0.05, 0.1) is 4.90 Å². The summed E-state index contributed by atoms with van der Waals surface area (Å²) >= 11 is 0. The van der Waals surface area contributed by atoms with E-state index in [0.717, 1.165) is 31.5 Å². The topological polar surface area (TPSA) is 78.5 Å². The highest BCUT2D eigenvalue weighted by Crippen LogP contribution is 2.13. The van der Waals surface area contributed by atoms with Crippen molar-refractivity contribution < 1.29 is 13.2 Å². The van der Waals surface area contributed by atoms with E-state index in [9.17, 15) is 13.2 Å². The minimum atomic E-state index is -3.43. The highest BCUT2D eigenvalue weighted by atomic mass is 32.2. The van der Waals surface area contributed by atoms with E-state index in [2.05, 4.69) is 10.0 Å². The van der Waals surface area contributed by atoms with Crippen LogP contribution in [-0.4, -0.2) is 52.5 Å². The molecule has 0 spiro atoms. The van der Waals surface area contributed by atoms with Crippen molar-refractivity contribution in [3.8, 4) is 0 Å². The van der Waals surface area contributed by atoms with Gasteiger partial charge in [-0.3, -0.25) is 4.79 Å². The lowest BCUT2D eigenvalue weighted by atomic mass is 10.1. The number of rotatable bonds is 5. The summed E-state index contributed by atoms with van der Waals surface area (Å²) in [5.74, 6) is -0.0168. The van der Waals surface area contributed by atoms with Gasteiger partial charge in [-0.25, -0.2) is 13.1 Å². The summed E-state index contributed by atoms with van der Waals surface area (Å²) in [7, 11) is -0.143. The molecule has 0 aromatic heterocycles. The number of amides is 1. The lowest BCUT2D eigenvalue weighted by Gasteiger charge is -2.31. The molecule has 126 valence electrons. The zero-order valence-corrected chi connectivity index (χ0v) is 14.3. The van der Waals surface area contributed by atoms with Crippen LogP contribution in [0.3, 0.4) is 0 Å². The van der Waals surface area contributed by atoms with Gasteiger partial charge in [-0.15, -0.1) is 0 Å². The first-order valence-electron chi connectivity index (χ1n) is 7.64. The van der Waals surface area contributed by atoms with Crippen molar-refractivity contribution in [2.24, 2.45) is 0 Å². The summed E-state index contributed by atoms with van der Waals surface area (Å²) in [5.41, 5.74) is 0.788. The van der Waals surface area contributed by atoms with Gasteiger partial charge in [0.1, 0.15) is 0 Å². The third-order valence-electron chi connectivity index (χ3n) is 4.02. The van der Waals surface area contributed by atoms with E-state index in [1.807, 2.05) is 11.9 Å². The Morgan fingerprint density at radius 2 is 1.96 bits per heavy atom. The highest BCUT2D eigenvalue weighted by Gasteiger charge is 2.20. The van der Waals surface area contributed by atoms with Gasteiger partial charge in [-0.1, -0.05) is 12.1 Å². The van der Waals surface area contributed by atoms with Crippen molar-refractivity contribution in [3.63, 3.8) is 0 Å². The number of carbonyl (C=O) groups is 1. The van der Waals surface area contributed by atoms with E-state index in [4.69, 9.17) is 0 Å². The molecule has 1 unspecified atom stereocenters. The van der Waals surface area contributed by atoms with Crippen molar-refractivity contribution in [1.29, 1.82) is 0 Å². The Morgan fingerprint density at radius 3 is 2.57 bits per heavy atom. The average molecular weight is 337 g/mol. The maximum Gasteiger partial charge on any atom is 0.246 e. The molecule has 0 bridgehead atoms. The van der Waals surface area contributed by atoms with Crippen LogP contribution in [0.1, 0.15) is 18.4 Å². The molecule has 2 rings (SSSR count). The lowest BCUT2D eigenvalue weighted by Crippen LogP contribution is -2.46. The fourth-order valence-corrected chi connectivity index (χ4v) is 3.29. The Kier molecular flexibility index (Phi) is 5.92. The van der Waals surface area contributed by atoms with E-state index >= 15 is 0 Å². The van der Waals surface area contributed by atoms with E-state index < -0.39 is 10.0 Å². The molecule has 23 heavy (non-hydrogen) atoms. The molecular formula is C16H23N3O3S. The summed E-state index contributed by atoms with van der Waals surface area (Å²) in [4.78, 5) is 14.3. The number of likely N-dealkylation sites (N-methyl/N-ethyl adjacent to an activating group) is 1. The zero-order valence-electron chi connectivity index (χ0n) is 13.5. The molecule has 1 aromatic rings. The molecule has 1 fully saturated rings. The molecule has 1 aromatic carbocycles. The van der Waals surface area contributed by atoms with E-state index in [1.165, 1.54) is 19.2 Å². The molecule has 1 amide bonds. The second-order valence-electron chi connectivity index (χ2n) is 5.52. The maximum atomic E-state index is 12.2. The van der Waals surface area contributed by atoms with E-state index in [1.54, 1.807) is 24.3 Å². The van der Waals surface area contributed by atoms with Crippen molar-refractivity contribution >= 4 is 22.0 Å². The second kappa shape index (κ2) is 7.72. The molecule has 2 N–H and O–H groups in total. The van der Waals surface area contributed by atoms with Gasteiger partial charge >= 0.3 is 0 Å². The molecule has 1 saturated heterocycles. The third kappa shape index (κ3) is 4.63. The summed E-state index contributed by atoms with van der Waals surface area (Å²) in [5, 5.41) is 3.21. The number of nitrogens with zero attached hydrogens (tertiary/aromatic N) is 1. The molecule has 1 heterocycles. The molecule has 1 atom stereocenters. The van der Waals surface area contributed by atoms with Crippen LogP contribution >= 0.6 is 0 Å². The van der Waals surface area contributed by atoms with Crippen molar-refractivity contribution in [1.82, 2.24) is 14.9 Å². The van der Waals surface area contributed by atoms with Crippen LogP contribution in [-0.2, 0) is 14.8 Å². The summed E-state index contributed by atoms with van der Waals surface area (Å²) in [6.45, 7) is 1.50. The minimum Gasteiger partial charge on any atom is -0.338 e. The molecular weight excluding hydrogens is 314 g/mol. The zero-order chi connectivity index (χ0) is 16.9. The monoisotopic (exact) mass is 337 g/mol. The Labute approximate surface area is 137 Å². The Morgan fingerprint density at radius 1 is 1.26 bits per heavy atom. The van der Waals surface area contributed by atoms with Gasteiger partial charge in [0, 0.05) is 25.2 Å². The third-order valence-corrected chi connectivity index (χ3v) is 5.45. The number of carbonyl (C=O) groups excluding carboxylic acids is 1. The molecule has 1 aliphatic rings. The molecule has 0 aliphatic carbocycles. The maximum absolute atomic E-state index is 12.2. The molecule has 7 heteroatoms. The summed E-state index contributed by atoms with van der Waals surface area (Å²) in [6.07, 6.45) is 5.34. The Bertz CT molecular complexity index is 668. The van der Waals surface area contributed by atoms with Gasteiger partial charge in [-0.2, -0.15) is 0 Å². The van der Waals surface area contributed by atoms with Gasteiger partial charge in [0.25, 0.3) is 0 Å². The van der Waals surface area contributed by atoms with Crippen LogP contribution in [0.15, 0.2) is 35.2 Å². The Balaban J connectivity index is 2.01. The van der Waals surface area contributed by atoms with Crippen LogP contribution in [0.4, 0.5) is 0 Å². The van der Waals surface area contributed by atoms with Crippen LogP contribution in [0.25, 0.3) is 6.08 Å². The SMILES string of the molecule is CNC1CCCN(C(=O)/C=C/c2ccc(S(=O)(=O)NC)cc2)C1. The van der Waals surface area contributed by atoms with Crippen LogP contribution in [0, 0.1) is 0 Å². The molecule has 6 nitrogen and oxygen atoms in total. The van der Waals surface area contributed by atoms with Crippen molar-refractivity contribution in [2.45, 2.75) is 23.8 Å². The highest BCUT2D eigenvalue weighted by molar-refractivity contribution is 7.89. The fourth-order valence-electron chi connectivity index (χ4n) is 2.56. The number of sulfonamides is 1. The first-order chi connectivity index (χ1) is 11.0. The average Bonchev–Trinajstić information content (AvgIpc) is 2.60. The summed E-state index contributed by atoms with van der Waals surface area (Å²) in [6, 6.07) is 6.76. The first kappa shape index (κ1) is 17.7. The van der Waals surface area contributed by atoms with Crippen molar-refractivity contribution in [2.75, 3.05) is 27.2 Å². The van der Waals surface area contributed by atoms with Gasteiger partial charge in [-0.05, 0) is 50.7 Å². The normalized spacial score (nSPS) is 19.2. The number of hydrogen-bond donors (Lipinski definition) is 2. The van der Waals surface area contributed by atoms with Crippen LogP contribution in [0.2, 0.25) is 0 Å². The largest absolute Gasteiger partial charge is 0.338 e. The number of likely N-dealkylation sites (tertiary alicyclic amines) is 1. The van der Waals surface area contributed by atoms with Crippen molar-refractivity contribution in [3.05, 3.63) is 35.9 Å². The Hall–Kier alpha value is -1.70. The molecule has 1 aliphatic heterocycles. The predicted octanol–water partition coefficient (Wildman–Crippen LogP) is 0.818. The number of nitrogens with one attached hydrogen (secondary N) is 2. The number of piperidine rings is 1. The minimum absolute atomic E-state index is 0.0168. The second-order valence-corrected chi connectivity index (χ2v) is 7.41.